The quantitative estimate of drug-likeness (QED) is 0.805. The van der Waals surface area contributed by atoms with Crippen LogP contribution in [0.3, 0.4) is 0 Å². The summed E-state index contributed by atoms with van der Waals surface area (Å²) in [6.45, 7) is 2.02. The maximum absolute atomic E-state index is 10.9. The Morgan fingerprint density at radius 1 is 1.56 bits per heavy atom. The van der Waals surface area contributed by atoms with E-state index in [2.05, 4.69) is 15.1 Å². The van der Waals surface area contributed by atoms with Crippen molar-refractivity contribution in [3.8, 4) is 11.5 Å². The lowest BCUT2D eigenvalue weighted by Gasteiger charge is -2.18. The van der Waals surface area contributed by atoms with Crippen LogP contribution in [0.5, 0.6) is 0 Å². The molecule has 0 saturated carbocycles. The fourth-order valence-electron chi connectivity index (χ4n) is 1.48. The molecule has 0 bridgehead atoms. The molecule has 3 N–H and O–H groups in total. The van der Waals surface area contributed by atoms with E-state index in [4.69, 9.17) is 15.0 Å². The number of ether oxygens (including phenoxy) is 1. The van der Waals surface area contributed by atoms with Gasteiger partial charge in [0.15, 0.2) is 5.82 Å². The first kappa shape index (κ1) is 12.5. The zero-order valence-corrected chi connectivity index (χ0v) is 10.1. The van der Waals surface area contributed by atoms with E-state index < -0.39 is 5.54 Å². The summed E-state index contributed by atoms with van der Waals surface area (Å²) in [5.41, 5.74) is 5.61. The first-order valence-electron chi connectivity index (χ1n) is 5.34. The number of methoxy groups -OCH3 is 1. The van der Waals surface area contributed by atoms with Gasteiger partial charge in [0, 0.05) is 19.4 Å². The fraction of sp³-hybridized carbons (Fsp3) is 0.364. The molecule has 1 atom stereocenters. The summed E-state index contributed by atoms with van der Waals surface area (Å²) in [6, 6.07) is 2.98. The second-order valence-electron chi connectivity index (χ2n) is 4.22. The van der Waals surface area contributed by atoms with Crippen LogP contribution < -0.4 is 11.3 Å². The molecule has 7 nitrogen and oxygen atoms in total. The molecule has 7 heteroatoms. The van der Waals surface area contributed by atoms with Crippen LogP contribution in [0, 0.1) is 0 Å². The van der Waals surface area contributed by atoms with Crippen LogP contribution >= 0.6 is 0 Å². The highest BCUT2D eigenvalue weighted by Gasteiger charge is 2.27. The highest BCUT2D eigenvalue weighted by atomic mass is 16.5. The van der Waals surface area contributed by atoms with E-state index in [1.54, 1.807) is 20.1 Å². The Labute approximate surface area is 103 Å². The minimum absolute atomic E-state index is 0.193. The lowest BCUT2D eigenvalue weighted by Crippen LogP contribution is -2.38. The van der Waals surface area contributed by atoms with Gasteiger partial charge in [-0.15, -0.1) is 0 Å². The van der Waals surface area contributed by atoms with Crippen molar-refractivity contribution in [3.63, 3.8) is 0 Å². The zero-order chi connectivity index (χ0) is 13.2. The van der Waals surface area contributed by atoms with Gasteiger partial charge in [0.1, 0.15) is 5.54 Å². The molecule has 0 aliphatic carbocycles. The van der Waals surface area contributed by atoms with Crippen molar-refractivity contribution in [2.75, 3.05) is 13.7 Å². The average molecular weight is 250 g/mol. The molecule has 0 saturated heterocycles. The van der Waals surface area contributed by atoms with Crippen LogP contribution in [-0.4, -0.2) is 28.8 Å². The minimum Gasteiger partial charge on any atom is -0.382 e. The van der Waals surface area contributed by atoms with Crippen LogP contribution in [-0.2, 0) is 10.3 Å². The van der Waals surface area contributed by atoms with E-state index in [0.717, 1.165) is 0 Å². The molecular formula is C11H14N4O3. The third-order valence-corrected chi connectivity index (χ3v) is 2.41. The third-order valence-electron chi connectivity index (χ3n) is 2.41. The van der Waals surface area contributed by atoms with Crippen molar-refractivity contribution >= 4 is 0 Å². The summed E-state index contributed by atoms with van der Waals surface area (Å²) < 4.78 is 10.1. The highest BCUT2D eigenvalue weighted by Crippen LogP contribution is 2.20. The highest BCUT2D eigenvalue weighted by molar-refractivity contribution is 5.50. The van der Waals surface area contributed by atoms with Gasteiger partial charge in [-0.25, -0.2) is 0 Å². The minimum atomic E-state index is -0.821. The molecule has 0 radical (unpaired) electrons. The predicted molar refractivity (Wildman–Crippen MR) is 63.8 cm³/mol. The normalized spacial score (nSPS) is 14.4. The second-order valence-corrected chi connectivity index (χ2v) is 4.22. The van der Waals surface area contributed by atoms with Gasteiger partial charge in [-0.05, 0) is 13.0 Å². The van der Waals surface area contributed by atoms with Gasteiger partial charge in [0.25, 0.3) is 5.89 Å². The SMILES string of the molecule is COCC(C)(N)c1noc(-c2ccc(=O)[nH]c2)n1. The number of nitrogens with two attached hydrogens (primary N) is 1. The number of H-pyrrole nitrogens is 1. The third kappa shape index (κ3) is 2.47. The number of hydrogen-bond acceptors (Lipinski definition) is 6. The molecule has 2 aromatic heterocycles. The van der Waals surface area contributed by atoms with Crippen molar-refractivity contribution < 1.29 is 9.26 Å². The van der Waals surface area contributed by atoms with Crippen molar-refractivity contribution in [1.29, 1.82) is 0 Å². The monoisotopic (exact) mass is 250 g/mol. The average Bonchev–Trinajstić information content (AvgIpc) is 2.80. The maximum atomic E-state index is 10.9. The van der Waals surface area contributed by atoms with Gasteiger partial charge in [-0.2, -0.15) is 4.98 Å². The molecular weight excluding hydrogens is 236 g/mol. The maximum Gasteiger partial charge on any atom is 0.259 e. The molecule has 2 rings (SSSR count). The number of rotatable bonds is 4. The lowest BCUT2D eigenvalue weighted by molar-refractivity contribution is 0.135. The van der Waals surface area contributed by atoms with Crippen LogP contribution in [0.25, 0.3) is 11.5 Å². The Morgan fingerprint density at radius 3 is 2.94 bits per heavy atom. The van der Waals surface area contributed by atoms with E-state index in [1.807, 2.05) is 0 Å². The molecule has 0 aliphatic rings. The lowest BCUT2D eigenvalue weighted by atomic mass is 10.1. The molecule has 1 unspecified atom stereocenters. The molecule has 0 aliphatic heterocycles. The van der Waals surface area contributed by atoms with Gasteiger partial charge >= 0.3 is 0 Å². The van der Waals surface area contributed by atoms with Crippen LogP contribution in [0.15, 0.2) is 27.6 Å². The zero-order valence-electron chi connectivity index (χ0n) is 10.1. The van der Waals surface area contributed by atoms with Crippen LogP contribution in [0.1, 0.15) is 12.7 Å². The number of nitrogens with zero attached hydrogens (tertiary/aromatic N) is 2. The summed E-state index contributed by atoms with van der Waals surface area (Å²) in [4.78, 5) is 17.7. The number of aromatic nitrogens is 3. The Hall–Kier alpha value is -1.99. The molecule has 96 valence electrons. The van der Waals surface area contributed by atoms with Crippen molar-refractivity contribution in [1.82, 2.24) is 15.1 Å². The van der Waals surface area contributed by atoms with Gasteiger partial charge < -0.3 is 20.0 Å². The van der Waals surface area contributed by atoms with E-state index >= 15 is 0 Å². The summed E-state index contributed by atoms with van der Waals surface area (Å²) in [7, 11) is 1.55. The van der Waals surface area contributed by atoms with Crippen molar-refractivity contribution in [2.45, 2.75) is 12.5 Å². The number of nitrogens with one attached hydrogen (secondary N) is 1. The molecule has 0 spiro atoms. The van der Waals surface area contributed by atoms with Crippen molar-refractivity contribution in [3.05, 3.63) is 34.5 Å². The Kier molecular flexibility index (Phi) is 3.26. The molecule has 0 amide bonds. The Bertz CT molecular complexity index is 567. The molecule has 0 fully saturated rings. The molecule has 2 heterocycles. The van der Waals surface area contributed by atoms with Crippen LogP contribution in [0.2, 0.25) is 0 Å². The number of hydrogen-bond donors (Lipinski definition) is 2. The van der Waals surface area contributed by atoms with Crippen LogP contribution in [0.4, 0.5) is 0 Å². The largest absolute Gasteiger partial charge is 0.382 e. The standard InChI is InChI=1S/C11H14N4O3/c1-11(12,6-17-2)10-14-9(18-15-10)7-3-4-8(16)13-5-7/h3-5H,6,12H2,1-2H3,(H,13,16). The van der Waals surface area contributed by atoms with Gasteiger partial charge in [0.05, 0.1) is 12.2 Å². The molecule has 2 aromatic rings. The summed E-state index contributed by atoms with van der Waals surface area (Å²) in [6.07, 6.45) is 1.50. The fourth-order valence-corrected chi connectivity index (χ4v) is 1.48. The van der Waals surface area contributed by atoms with E-state index in [0.29, 0.717) is 17.3 Å². The summed E-state index contributed by atoms with van der Waals surface area (Å²) >= 11 is 0. The first-order chi connectivity index (χ1) is 8.53. The molecule has 18 heavy (non-hydrogen) atoms. The Morgan fingerprint density at radius 2 is 2.33 bits per heavy atom. The van der Waals surface area contributed by atoms with E-state index in [1.165, 1.54) is 12.3 Å². The number of aromatic amines is 1. The van der Waals surface area contributed by atoms with E-state index in [-0.39, 0.29) is 12.2 Å². The van der Waals surface area contributed by atoms with Gasteiger partial charge in [-0.1, -0.05) is 5.16 Å². The summed E-state index contributed by atoms with van der Waals surface area (Å²) in [5.74, 6) is 0.652. The van der Waals surface area contributed by atoms with Crippen molar-refractivity contribution in [2.24, 2.45) is 5.73 Å². The summed E-state index contributed by atoms with van der Waals surface area (Å²) in [5, 5.41) is 3.82. The van der Waals surface area contributed by atoms with E-state index in [9.17, 15) is 4.79 Å². The Balaban J connectivity index is 2.30. The number of pyridine rings is 1. The first-order valence-corrected chi connectivity index (χ1v) is 5.34. The topological polar surface area (TPSA) is 107 Å². The van der Waals surface area contributed by atoms with Gasteiger partial charge in [-0.3, -0.25) is 4.79 Å². The predicted octanol–water partition coefficient (Wildman–Crippen LogP) is 0.245. The smallest absolute Gasteiger partial charge is 0.259 e. The van der Waals surface area contributed by atoms with Gasteiger partial charge in [0.2, 0.25) is 5.56 Å². The second kappa shape index (κ2) is 4.71. The molecule has 0 aromatic carbocycles.